The van der Waals surface area contributed by atoms with Gasteiger partial charge >= 0.3 is 5.97 Å². The molecule has 1 saturated heterocycles. The van der Waals surface area contributed by atoms with Crippen molar-refractivity contribution in [3.63, 3.8) is 0 Å². The number of benzene rings is 1. The molecule has 1 aliphatic heterocycles. The number of nitrogens with one attached hydrogen (secondary N) is 1. The van der Waals surface area contributed by atoms with Gasteiger partial charge in [-0.05, 0) is 30.2 Å². The van der Waals surface area contributed by atoms with Gasteiger partial charge in [-0.2, -0.15) is 0 Å². The minimum Gasteiger partial charge on any atom is -0.480 e. The molecule has 1 heterocycles. The summed E-state index contributed by atoms with van der Waals surface area (Å²) >= 11 is 6.26. The summed E-state index contributed by atoms with van der Waals surface area (Å²) in [6.45, 7) is 0. The zero-order valence-electron chi connectivity index (χ0n) is 14.3. The third kappa shape index (κ3) is 5.38. The lowest BCUT2D eigenvalue weighted by Gasteiger charge is -2.13. The molecule has 8 nitrogen and oxygen atoms in total. The van der Waals surface area contributed by atoms with E-state index in [1.807, 2.05) is 0 Å². The van der Waals surface area contributed by atoms with Crippen molar-refractivity contribution in [3.05, 3.63) is 40.3 Å². The molecule has 142 valence electrons. The number of hydrogen-bond donors (Lipinski definition) is 3. The number of nitrogens with two attached hydrogens (primary N) is 1. The predicted molar refractivity (Wildman–Crippen MR) is 105 cm³/mol. The van der Waals surface area contributed by atoms with Gasteiger partial charge in [0, 0.05) is 19.0 Å². The Morgan fingerprint density at radius 3 is 2.44 bits per heavy atom. The number of aliphatic carboxylic acids is 1. The third-order valence-corrected chi connectivity index (χ3v) is 5.22. The van der Waals surface area contributed by atoms with Gasteiger partial charge in [-0.3, -0.25) is 19.3 Å². The highest BCUT2D eigenvalue weighted by Crippen LogP contribution is 2.31. The van der Waals surface area contributed by atoms with Gasteiger partial charge in [0.2, 0.25) is 5.91 Å². The van der Waals surface area contributed by atoms with Crippen LogP contribution in [0.15, 0.2) is 29.2 Å². The zero-order chi connectivity index (χ0) is 20.1. The van der Waals surface area contributed by atoms with Crippen LogP contribution in [0.5, 0.6) is 0 Å². The van der Waals surface area contributed by atoms with Crippen molar-refractivity contribution in [2.75, 3.05) is 7.05 Å². The molecule has 10 heteroatoms. The van der Waals surface area contributed by atoms with E-state index in [1.54, 1.807) is 25.3 Å². The number of carboxylic acids is 1. The minimum atomic E-state index is -1.25. The van der Waals surface area contributed by atoms with Gasteiger partial charge in [-0.25, -0.2) is 4.79 Å². The van der Waals surface area contributed by atoms with E-state index < -0.39 is 23.8 Å². The fraction of sp³-hybridized carbons (Fsp3) is 0.235. The van der Waals surface area contributed by atoms with Gasteiger partial charge in [0.05, 0.1) is 4.91 Å². The number of rotatable bonds is 7. The first kappa shape index (κ1) is 20.6. The molecule has 4 N–H and O–H groups in total. The summed E-state index contributed by atoms with van der Waals surface area (Å²) in [6.07, 6.45) is 1.43. The number of carbonyl (C=O) groups is 4. The second kappa shape index (κ2) is 8.78. The number of carboxylic acid groups (broad SMARTS) is 1. The smallest absolute Gasteiger partial charge is 0.326 e. The van der Waals surface area contributed by atoms with Crippen molar-refractivity contribution in [1.29, 1.82) is 0 Å². The highest BCUT2D eigenvalue weighted by Gasteiger charge is 2.28. The molecule has 2 rings (SSSR count). The molecule has 0 aromatic heterocycles. The maximum Gasteiger partial charge on any atom is 0.326 e. The van der Waals surface area contributed by atoms with E-state index in [0.29, 0.717) is 14.8 Å². The van der Waals surface area contributed by atoms with Gasteiger partial charge in [-0.1, -0.05) is 36.1 Å². The van der Waals surface area contributed by atoms with E-state index in [1.165, 1.54) is 28.8 Å². The summed E-state index contributed by atoms with van der Waals surface area (Å²) in [7, 11) is 1.60. The monoisotopic (exact) mass is 407 g/mol. The molecule has 0 saturated carbocycles. The Hall–Kier alpha value is -2.72. The number of nitrogens with zero attached hydrogens (tertiary/aromatic N) is 1. The van der Waals surface area contributed by atoms with Crippen LogP contribution in [0.3, 0.4) is 0 Å². The molecule has 0 radical (unpaired) electrons. The molecule has 0 aliphatic carbocycles. The fourth-order valence-corrected chi connectivity index (χ4v) is 3.39. The van der Waals surface area contributed by atoms with Crippen LogP contribution in [0.1, 0.15) is 28.8 Å². The molecular weight excluding hydrogens is 390 g/mol. The molecule has 0 bridgehead atoms. The highest BCUT2D eigenvalue weighted by atomic mass is 32.2. The predicted octanol–water partition coefficient (Wildman–Crippen LogP) is 0.966. The molecule has 1 aliphatic rings. The van der Waals surface area contributed by atoms with Gasteiger partial charge in [0.25, 0.3) is 11.8 Å². The molecule has 1 fully saturated rings. The summed E-state index contributed by atoms with van der Waals surface area (Å²) < 4.78 is 0.470. The minimum absolute atomic E-state index is 0.0899. The number of amides is 3. The van der Waals surface area contributed by atoms with Gasteiger partial charge in [-0.15, -0.1) is 0 Å². The fourth-order valence-electron chi connectivity index (χ4n) is 2.21. The zero-order valence-corrected chi connectivity index (χ0v) is 15.9. The SMILES string of the molecule is CN1C(=O)/C(=C/c2ccc(C(=O)NC(CCC(N)=O)C(=O)O)cc2)SC1=S. The largest absolute Gasteiger partial charge is 0.480 e. The summed E-state index contributed by atoms with van der Waals surface area (Å²) in [5, 5.41) is 11.5. The first-order valence-corrected chi connectivity index (χ1v) is 9.05. The van der Waals surface area contributed by atoms with Crippen LogP contribution in [0.25, 0.3) is 6.08 Å². The summed E-state index contributed by atoms with van der Waals surface area (Å²) in [5.41, 5.74) is 5.96. The van der Waals surface area contributed by atoms with E-state index in [4.69, 9.17) is 23.1 Å². The maximum atomic E-state index is 12.2. The Bertz CT molecular complexity index is 835. The first-order valence-electron chi connectivity index (χ1n) is 7.82. The Balaban J connectivity index is 2.06. The molecule has 1 aromatic rings. The van der Waals surface area contributed by atoms with Crippen LogP contribution in [-0.4, -0.2) is 51.1 Å². The van der Waals surface area contributed by atoms with Gasteiger partial charge < -0.3 is 16.2 Å². The van der Waals surface area contributed by atoms with E-state index in [9.17, 15) is 19.2 Å². The second-order valence-corrected chi connectivity index (χ2v) is 7.41. The maximum absolute atomic E-state index is 12.2. The number of likely N-dealkylation sites (N-methyl/N-ethyl adjacent to an activating group) is 1. The Morgan fingerprint density at radius 2 is 1.96 bits per heavy atom. The summed E-state index contributed by atoms with van der Waals surface area (Å²) in [6, 6.07) is 5.09. The number of primary amides is 1. The molecule has 1 aromatic carbocycles. The molecular formula is C17H17N3O5S2. The summed E-state index contributed by atoms with van der Waals surface area (Å²) in [4.78, 5) is 48.0. The van der Waals surface area contributed by atoms with Crippen LogP contribution < -0.4 is 11.1 Å². The van der Waals surface area contributed by atoms with Crippen LogP contribution in [0, 0.1) is 0 Å². The highest BCUT2D eigenvalue weighted by molar-refractivity contribution is 8.26. The lowest BCUT2D eigenvalue weighted by atomic mass is 10.1. The Morgan fingerprint density at radius 1 is 1.33 bits per heavy atom. The van der Waals surface area contributed by atoms with E-state index >= 15 is 0 Å². The summed E-state index contributed by atoms with van der Waals surface area (Å²) in [5.74, 6) is -2.66. The van der Waals surface area contributed by atoms with E-state index in [0.717, 1.165) is 0 Å². The average Bonchev–Trinajstić information content (AvgIpc) is 2.85. The van der Waals surface area contributed by atoms with Gasteiger partial charge in [0.1, 0.15) is 10.4 Å². The Labute approximate surface area is 164 Å². The Kier molecular flexibility index (Phi) is 6.70. The first-order chi connectivity index (χ1) is 12.7. The van der Waals surface area contributed by atoms with Crippen LogP contribution >= 0.6 is 24.0 Å². The van der Waals surface area contributed by atoms with E-state index in [2.05, 4.69) is 5.32 Å². The quantitative estimate of drug-likeness (QED) is 0.453. The number of thioether (sulfide) groups is 1. The second-order valence-electron chi connectivity index (χ2n) is 5.73. The van der Waals surface area contributed by atoms with Crippen LogP contribution in [-0.2, 0) is 14.4 Å². The van der Waals surface area contributed by atoms with Crippen molar-refractivity contribution >= 4 is 58.1 Å². The molecule has 0 spiro atoms. The number of hydrogen-bond acceptors (Lipinski definition) is 6. The van der Waals surface area contributed by atoms with Crippen molar-refractivity contribution in [1.82, 2.24) is 10.2 Å². The van der Waals surface area contributed by atoms with E-state index in [-0.39, 0.29) is 24.3 Å². The van der Waals surface area contributed by atoms with Gasteiger partial charge in [0.15, 0.2) is 0 Å². The lowest BCUT2D eigenvalue weighted by Crippen LogP contribution is -2.41. The molecule has 1 atom stereocenters. The van der Waals surface area contributed by atoms with Crippen LogP contribution in [0.2, 0.25) is 0 Å². The normalized spacial score (nSPS) is 16.5. The topological polar surface area (TPSA) is 130 Å². The number of carbonyl (C=O) groups excluding carboxylic acids is 3. The van der Waals surface area contributed by atoms with Crippen LogP contribution in [0.4, 0.5) is 0 Å². The lowest BCUT2D eigenvalue weighted by molar-refractivity contribution is -0.139. The standard InChI is InChI=1S/C17H17N3O5S2/c1-20-15(23)12(27-17(20)26)8-9-2-4-10(5-3-9)14(22)19-11(16(24)25)6-7-13(18)21/h2-5,8,11H,6-7H2,1H3,(H2,18,21)(H,19,22)(H,24,25)/b12-8-. The van der Waals surface area contributed by atoms with Crippen molar-refractivity contribution < 1.29 is 24.3 Å². The van der Waals surface area contributed by atoms with Crippen molar-refractivity contribution in [2.45, 2.75) is 18.9 Å². The molecule has 27 heavy (non-hydrogen) atoms. The number of thiocarbonyl (C=S) groups is 1. The van der Waals surface area contributed by atoms with Crippen molar-refractivity contribution in [2.24, 2.45) is 5.73 Å². The average molecular weight is 407 g/mol. The molecule has 3 amide bonds. The third-order valence-electron chi connectivity index (χ3n) is 3.74. The molecule has 1 unspecified atom stereocenters. The van der Waals surface area contributed by atoms with Crippen molar-refractivity contribution in [3.8, 4) is 0 Å².